The van der Waals surface area contributed by atoms with E-state index in [1.165, 1.54) is 12.8 Å². The summed E-state index contributed by atoms with van der Waals surface area (Å²) in [7, 11) is 0. The Morgan fingerprint density at radius 1 is 1.38 bits per heavy atom. The number of aliphatic hydroxyl groups is 1. The summed E-state index contributed by atoms with van der Waals surface area (Å²) in [6.45, 7) is 0.314. The minimum absolute atomic E-state index is 0.188. The molecule has 128 valence electrons. The molecule has 0 aliphatic heterocycles. The topological polar surface area (TPSA) is 91.6 Å². The van der Waals surface area contributed by atoms with E-state index >= 15 is 0 Å². The van der Waals surface area contributed by atoms with Crippen LogP contribution in [0.1, 0.15) is 38.5 Å². The standard InChI is InChI=1S/C17H23N5O2/c23-11-12-1-4-17(5-2-12)7-13(8-17)20-16(24)21-14-9-18-15-3-6-19-22(15)10-14/h3,6,9-10,12-13,23H,1-2,4-5,7-8,11H2,(H2,20,21,24). The van der Waals surface area contributed by atoms with E-state index < -0.39 is 0 Å². The van der Waals surface area contributed by atoms with Crippen molar-refractivity contribution in [2.24, 2.45) is 11.3 Å². The van der Waals surface area contributed by atoms with E-state index in [-0.39, 0.29) is 12.1 Å². The van der Waals surface area contributed by atoms with Gasteiger partial charge in [-0.15, -0.1) is 0 Å². The van der Waals surface area contributed by atoms with Crippen molar-refractivity contribution < 1.29 is 9.90 Å². The highest BCUT2D eigenvalue weighted by atomic mass is 16.3. The highest BCUT2D eigenvalue weighted by Crippen LogP contribution is 2.52. The van der Waals surface area contributed by atoms with Crippen LogP contribution in [-0.2, 0) is 0 Å². The zero-order valence-corrected chi connectivity index (χ0v) is 13.6. The SMILES string of the molecule is O=C(Nc1cnc2ccnn2c1)NC1CC2(CCC(CO)CC2)C1. The second-order valence-electron chi connectivity index (χ2n) is 7.31. The Morgan fingerprint density at radius 2 is 2.17 bits per heavy atom. The molecule has 24 heavy (non-hydrogen) atoms. The summed E-state index contributed by atoms with van der Waals surface area (Å²) < 4.78 is 1.63. The summed E-state index contributed by atoms with van der Waals surface area (Å²) in [5.41, 5.74) is 1.78. The molecule has 3 N–H and O–H groups in total. The van der Waals surface area contributed by atoms with Crippen LogP contribution < -0.4 is 10.6 Å². The number of urea groups is 1. The number of carbonyl (C=O) groups excluding carboxylic acids is 1. The number of nitrogens with one attached hydrogen (secondary N) is 2. The second-order valence-corrected chi connectivity index (χ2v) is 7.31. The minimum atomic E-state index is -0.188. The largest absolute Gasteiger partial charge is 0.396 e. The van der Waals surface area contributed by atoms with Crippen LogP contribution >= 0.6 is 0 Å². The Labute approximate surface area is 140 Å². The van der Waals surface area contributed by atoms with E-state index in [4.69, 9.17) is 0 Å². The van der Waals surface area contributed by atoms with Gasteiger partial charge in [0.1, 0.15) is 0 Å². The molecule has 2 aliphatic rings. The first-order chi connectivity index (χ1) is 11.7. The van der Waals surface area contributed by atoms with Crippen molar-refractivity contribution >= 4 is 17.4 Å². The van der Waals surface area contributed by atoms with Crippen molar-refractivity contribution in [1.29, 1.82) is 0 Å². The summed E-state index contributed by atoms with van der Waals surface area (Å²) in [4.78, 5) is 16.4. The predicted octanol–water partition coefficient (Wildman–Crippen LogP) is 2.18. The highest BCUT2D eigenvalue weighted by molar-refractivity contribution is 5.89. The number of fused-ring (bicyclic) bond motifs is 1. The quantitative estimate of drug-likeness (QED) is 0.805. The summed E-state index contributed by atoms with van der Waals surface area (Å²) in [6.07, 6.45) is 11.7. The highest BCUT2D eigenvalue weighted by Gasteiger charge is 2.46. The van der Waals surface area contributed by atoms with Gasteiger partial charge in [-0.3, -0.25) is 0 Å². The molecule has 2 aromatic rings. The Balaban J connectivity index is 1.27. The predicted molar refractivity (Wildman–Crippen MR) is 89.6 cm³/mol. The lowest BCUT2D eigenvalue weighted by Crippen LogP contribution is -2.53. The Morgan fingerprint density at radius 3 is 2.92 bits per heavy atom. The van der Waals surface area contributed by atoms with Crippen molar-refractivity contribution in [3.05, 3.63) is 24.7 Å². The molecule has 2 aliphatic carbocycles. The molecule has 0 bridgehead atoms. The van der Waals surface area contributed by atoms with Crippen molar-refractivity contribution in [2.75, 3.05) is 11.9 Å². The van der Waals surface area contributed by atoms with Crippen LogP contribution in [0.25, 0.3) is 5.65 Å². The van der Waals surface area contributed by atoms with Crippen LogP contribution in [0.5, 0.6) is 0 Å². The van der Waals surface area contributed by atoms with Crippen molar-refractivity contribution in [1.82, 2.24) is 19.9 Å². The lowest BCUT2D eigenvalue weighted by atomic mass is 9.57. The van der Waals surface area contributed by atoms with Crippen LogP contribution in [0, 0.1) is 11.3 Å². The first-order valence-corrected chi connectivity index (χ1v) is 8.64. The molecule has 7 nitrogen and oxygen atoms in total. The maximum Gasteiger partial charge on any atom is 0.319 e. The van der Waals surface area contributed by atoms with Gasteiger partial charge in [0.05, 0.1) is 24.3 Å². The molecule has 2 fully saturated rings. The molecule has 7 heteroatoms. The molecule has 0 unspecified atom stereocenters. The molecule has 2 saturated carbocycles. The van der Waals surface area contributed by atoms with Gasteiger partial charge in [-0.2, -0.15) is 5.10 Å². The van der Waals surface area contributed by atoms with Crippen LogP contribution in [0.2, 0.25) is 0 Å². The maximum absolute atomic E-state index is 12.1. The number of amides is 2. The second kappa shape index (κ2) is 6.05. The van der Waals surface area contributed by atoms with E-state index in [2.05, 4.69) is 20.7 Å². The van der Waals surface area contributed by atoms with Gasteiger partial charge in [-0.25, -0.2) is 14.3 Å². The Hall–Kier alpha value is -2.15. The van der Waals surface area contributed by atoms with Crippen LogP contribution in [-0.4, -0.2) is 38.4 Å². The smallest absolute Gasteiger partial charge is 0.319 e. The van der Waals surface area contributed by atoms with Gasteiger partial charge in [0.25, 0.3) is 0 Å². The third-order valence-corrected chi connectivity index (χ3v) is 5.62. The van der Waals surface area contributed by atoms with Gasteiger partial charge in [-0.05, 0) is 49.9 Å². The number of hydrogen-bond donors (Lipinski definition) is 3. The normalized spacial score (nSPS) is 29.4. The molecular formula is C17H23N5O2. The molecule has 2 amide bonds. The number of hydrogen-bond acceptors (Lipinski definition) is 4. The zero-order valence-electron chi connectivity index (χ0n) is 13.6. The summed E-state index contributed by atoms with van der Waals surface area (Å²) in [5.74, 6) is 0.482. The number of anilines is 1. The van der Waals surface area contributed by atoms with Crippen LogP contribution in [0.4, 0.5) is 10.5 Å². The number of aliphatic hydroxyl groups excluding tert-OH is 1. The number of carbonyl (C=O) groups is 1. The molecule has 0 aromatic carbocycles. The van der Waals surface area contributed by atoms with Gasteiger partial charge in [-0.1, -0.05) is 0 Å². The third-order valence-electron chi connectivity index (χ3n) is 5.62. The molecule has 1 spiro atoms. The fourth-order valence-corrected chi connectivity index (χ4v) is 4.20. The molecule has 4 rings (SSSR count). The van der Waals surface area contributed by atoms with Gasteiger partial charge >= 0.3 is 6.03 Å². The molecule has 2 aromatic heterocycles. The van der Waals surface area contributed by atoms with Gasteiger partial charge in [0.2, 0.25) is 0 Å². The van der Waals surface area contributed by atoms with E-state index in [1.807, 2.05) is 6.07 Å². The average Bonchev–Trinajstić information content (AvgIpc) is 3.01. The van der Waals surface area contributed by atoms with E-state index in [0.29, 0.717) is 23.6 Å². The van der Waals surface area contributed by atoms with Gasteiger partial charge in [0, 0.05) is 18.7 Å². The first-order valence-electron chi connectivity index (χ1n) is 8.64. The summed E-state index contributed by atoms with van der Waals surface area (Å²) in [6, 6.07) is 1.87. The fraction of sp³-hybridized carbons (Fsp3) is 0.588. The number of nitrogens with zero attached hydrogens (tertiary/aromatic N) is 3. The molecule has 0 radical (unpaired) electrons. The van der Waals surface area contributed by atoms with Crippen LogP contribution in [0.3, 0.4) is 0 Å². The summed E-state index contributed by atoms with van der Waals surface area (Å²) >= 11 is 0. The van der Waals surface area contributed by atoms with Crippen molar-refractivity contribution in [2.45, 2.75) is 44.6 Å². The van der Waals surface area contributed by atoms with Crippen molar-refractivity contribution in [3.63, 3.8) is 0 Å². The number of rotatable bonds is 3. The molecular weight excluding hydrogens is 306 g/mol. The Kier molecular flexibility index (Phi) is 3.88. The molecule has 0 atom stereocenters. The maximum atomic E-state index is 12.1. The molecule has 2 heterocycles. The Bertz CT molecular complexity index is 727. The lowest BCUT2D eigenvalue weighted by Gasteiger charge is -2.51. The first kappa shape index (κ1) is 15.4. The van der Waals surface area contributed by atoms with E-state index in [1.54, 1.807) is 23.1 Å². The minimum Gasteiger partial charge on any atom is -0.396 e. The van der Waals surface area contributed by atoms with Crippen molar-refractivity contribution in [3.8, 4) is 0 Å². The average molecular weight is 329 g/mol. The van der Waals surface area contributed by atoms with Crippen LogP contribution in [0.15, 0.2) is 24.7 Å². The number of aromatic nitrogens is 3. The molecule has 0 saturated heterocycles. The zero-order chi connectivity index (χ0) is 16.6. The van der Waals surface area contributed by atoms with E-state index in [0.717, 1.165) is 31.3 Å². The third kappa shape index (κ3) is 2.96. The monoisotopic (exact) mass is 329 g/mol. The van der Waals surface area contributed by atoms with E-state index in [9.17, 15) is 9.90 Å². The fourth-order valence-electron chi connectivity index (χ4n) is 4.20. The van der Waals surface area contributed by atoms with Gasteiger partial charge < -0.3 is 15.7 Å². The van der Waals surface area contributed by atoms with Gasteiger partial charge in [0.15, 0.2) is 5.65 Å². The lowest BCUT2D eigenvalue weighted by molar-refractivity contribution is 0.0160. The summed E-state index contributed by atoms with van der Waals surface area (Å²) in [5, 5.41) is 19.2.